The zero-order chi connectivity index (χ0) is 27.6. The smallest absolute Gasteiger partial charge is 0.252 e. The zero-order valence-electron chi connectivity index (χ0n) is 22.2. The highest BCUT2D eigenvalue weighted by Crippen LogP contribution is 2.28. The molecule has 0 radical (unpaired) electrons. The fourth-order valence-corrected chi connectivity index (χ4v) is 4.30. The summed E-state index contributed by atoms with van der Waals surface area (Å²) in [6.07, 6.45) is 3.74. The number of rotatable bonds is 5. The summed E-state index contributed by atoms with van der Waals surface area (Å²) in [6.45, 7) is 2.99. The lowest BCUT2D eigenvalue weighted by molar-refractivity contribution is -0.130. The van der Waals surface area contributed by atoms with E-state index in [0.29, 0.717) is 55.2 Å². The Hall–Kier alpha value is -4.41. The quantitative estimate of drug-likeness (QED) is 0.456. The van der Waals surface area contributed by atoms with Gasteiger partial charge >= 0.3 is 0 Å². The second-order valence-electron chi connectivity index (χ2n) is 9.32. The van der Waals surface area contributed by atoms with Gasteiger partial charge in [-0.2, -0.15) is 0 Å². The number of carbonyl (C=O) groups excluding carboxylic acids is 3. The maximum absolute atomic E-state index is 13.4. The van der Waals surface area contributed by atoms with Crippen molar-refractivity contribution >= 4 is 17.7 Å². The number of aryl methyl sites for hydroxylation is 1. The third-order valence-corrected chi connectivity index (χ3v) is 6.36. The van der Waals surface area contributed by atoms with Crippen molar-refractivity contribution in [3.63, 3.8) is 0 Å². The molecule has 11 nitrogen and oxygen atoms in total. The molecule has 0 saturated heterocycles. The number of carbonyl (C=O) groups is 3. The average Bonchev–Trinajstić information content (AvgIpc) is 3.41. The van der Waals surface area contributed by atoms with Crippen LogP contribution in [0.1, 0.15) is 47.8 Å². The molecule has 39 heavy (non-hydrogen) atoms. The number of nitrogens with one attached hydrogen (secondary N) is 3. The van der Waals surface area contributed by atoms with Gasteiger partial charge in [0.15, 0.2) is 11.5 Å². The molecule has 1 aliphatic heterocycles. The van der Waals surface area contributed by atoms with E-state index in [4.69, 9.17) is 9.47 Å². The standard InChI is InChI=1S/C28H34N6O5/c1-3-8-22-28(37)31-23(15-19-9-5-4-6-10-19)27(36)29-17-21-18-34(33-32-21)13-7-14-39-25-16-20(26(35)30-22)11-12-24(25)38-2/h4-6,9-12,16,18,22-23H,3,7-8,13-15,17H2,1-2H3,(H,29,36)(H,30,35)(H,31,37)/t22-,23-/m0/s1. The number of aromatic nitrogens is 3. The minimum absolute atomic E-state index is 0.161. The predicted molar refractivity (Wildman–Crippen MR) is 143 cm³/mol. The predicted octanol–water partition coefficient (Wildman–Crippen LogP) is 2.01. The molecular weight excluding hydrogens is 500 g/mol. The first-order valence-corrected chi connectivity index (χ1v) is 13.1. The van der Waals surface area contributed by atoms with E-state index in [2.05, 4.69) is 26.3 Å². The van der Waals surface area contributed by atoms with Crippen molar-refractivity contribution in [1.82, 2.24) is 30.9 Å². The van der Waals surface area contributed by atoms with Crippen molar-refractivity contribution < 1.29 is 23.9 Å². The van der Waals surface area contributed by atoms with Gasteiger partial charge in [0.2, 0.25) is 11.8 Å². The van der Waals surface area contributed by atoms with Gasteiger partial charge in [0.1, 0.15) is 17.8 Å². The summed E-state index contributed by atoms with van der Waals surface area (Å²) in [5.74, 6) is -0.286. The molecule has 1 aliphatic rings. The van der Waals surface area contributed by atoms with E-state index >= 15 is 0 Å². The number of hydrogen-bond donors (Lipinski definition) is 3. The van der Waals surface area contributed by atoms with Crippen molar-refractivity contribution in [2.24, 2.45) is 0 Å². The molecule has 206 valence electrons. The number of nitrogens with zero attached hydrogens (tertiary/aromatic N) is 3. The van der Waals surface area contributed by atoms with Crippen molar-refractivity contribution in [2.75, 3.05) is 13.7 Å². The molecule has 2 atom stereocenters. The summed E-state index contributed by atoms with van der Waals surface area (Å²) >= 11 is 0. The Balaban J connectivity index is 1.62. The van der Waals surface area contributed by atoms with Crippen LogP contribution in [0.3, 0.4) is 0 Å². The summed E-state index contributed by atoms with van der Waals surface area (Å²) in [7, 11) is 1.53. The van der Waals surface area contributed by atoms with Crippen molar-refractivity contribution in [2.45, 2.75) is 57.8 Å². The van der Waals surface area contributed by atoms with E-state index < -0.39 is 23.9 Å². The molecule has 3 N–H and O–H groups in total. The van der Waals surface area contributed by atoms with Crippen LogP contribution in [0.5, 0.6) is 11.5 Å². The Morgan fingerprint density at radius 1 is 1.05 bits per heavy atom. The highest BCUT2D eigenvalue weighted by Gasteiger charge is 2.27. The highest BCUT2D eigenvalue weighted by molar-refractivity contribution is 5.98. The summed E-state index contributed by atoms with van der Waals surface area (Å²) in [6, 6.07) is 12.6. The molecule has 4 rings (SSSR count). The van der Waals surface area contributed by atoms with Gasteiger partial charge in [0, 0.05) is 24.9 Å². The number of benzene rings is 2. The van der Waals surface area contributed by atoms with Crippen LogP contribution in [0, 0.1) is 0 Å². The fourth-order valence-electron chi connectivity index (χ4n) is 4.30. The summed E-state index contributed by atoms with van der Waals surface area (Å²) in [5.41, 5.74) is 1.82. The van der Waals surface area contributed by atoms with Gasteiger partial charge in [0.05, 0.1) is 26.5 Å². The van der Waals surface area contributed by atoms with Crippen LogP contribution in [-0.2, 0) is 29.1 Å². The second kappa shape index (κ2) is 13.4. The normalized spacial score (nSPS) is 18.9. The molecule has 0 unspecified atom stereocenters. The monoisotopic (exact) mass is 534 g/mol. The van der Waals surface area contributed by atoms with E-state index in [1.165, 1.54) is 7.11 Å². The van der Waals surface area contributed by atoms with Crippen LogP contribution >= 0.6 is 0 Å². The Kier molecular flexibility index (Phi) is 9.49. The van der Waals surface area contributed by atoms with Crippen molar-refractivity contribution in [3.05, 3.63) is 71.5 Å². The van der Waals surface area contributed by atoms with E-state index in [-0.39, 0.29) is 18.9 Å². The zero-order valence-corrected chi connectivity index (χ0v) is 22.2. The molecule has 3 aromatic rings. The second-order valence-corrected chi connectivity index (χ2v) is 9.32. The highest BCUT2D eigenvalue weighted by atomic mass is 16.5. The van der Waals surface area contributed by atoms with Gasteiger partial charge in [0.25, 0.3) is 5.91 Å². The molecular formula is C28H34N6O5. The molecule has 0 fully saturated rings. The van der Waals surface area contributed by atoms with E-state index in [1.807, 2.05) is 37.3 Å². The number of fused-ring (bicyclic) bond motifs is 4. The maximum atomic E-state index is 13.4. The molecule has 0 saturated carbocycles. The minimum atomic E-state index is -0.853. The van der Waals surface area contributed by atoms with Gasteiger partial charge in [-0.3, -0.25) is 19.1 Å². The SMILES string of the molecule is CCC[C@@H]1NC(=O)c2ccc(OC)c(c2)OCCCn2cc(nn2)CNC(=O)[C@H](Cc2ccccc2)NC1=O. The number of hydrogen-bond acceptors (Lipinski definition) is 7. The molecule has 2 aromatic carbocycles. The molecule has 0 spiro atoms. The Bertz CT molecular complexity index is 1280. The lowest BCUT2D eigenvalue weighted by Crippen LogP contribution is -2.54. The van der Waals surface area contributed by atoms with Gasteiger partial charge in [-0.15, -0.1) is 5.10 Å². The maximum Gasteiger partial charge on any atom is 0.252 e. The number of methoxy groups -OCH3 is 1. The first-order valence-electron chi connectivity index (χ1n) is 13.1. The third kappa shape index (κ3) is 7.56. The van der Waals surface area contributed by atoms with Crippen molar-refractivity contribution in [3.8, 4) is 11.5 Å². The first-order chi connectivity index (χ1) is 19.0. The van der Waals surface area contributed by atoms with Crippen molar-refractivity contribution in [1.29, 1.82) is 0 Å². The Morgan fingerprint density at radius 2 is 1.87 bits per heavy atom. The van der Waals surface area contributed by atoms with Gasteiger partial charge < -0.3 is 25.4 Å². The average molecular weight is 535 g/mol. The Labute approximate surface area is 227 Å². The molecule has 1 aromatic heterocycles. The molecule has 0 aliphatic carbocycles. The van der Waals surface area contributed by atoms with E-state index in [9.17, 15) is 14.4 Å². The van der Waals surface area contributed by atoms with E-state index in [0.717, 1.165) is 5.56 Å². The number of ether oxygens (including phenoxy) is 2. The summed E-state index contributed by atoms with van der Waals surface area (Å²) in [5, 5.41) is 16.8. The first kappa shape index (κ1) is 27.6. The van der Waals surface area contributed by atoms with Gasteiger partial charge in [-0.05, 0) is 30.2 Å². The minimum Gasteiger partial charge on any atom is -0.493 e. The van der Waals surface area contributed by atoms with Crippen LogP contribution in [0.15, 0.2) is 54.7 Å². The summed E-state index contributed by atoms with van der Waals surface area (Å²) < 4.78 is 13.0. The van der Waals surface area contributed by atoms with Gasteiger partial charge in [-0.1, -0.05) is 48.9 Å². The van der Waals surface area contributed by atoms with Crippen LogP contribution in [0.25, 0.3) is 0 Å². The fraction of sp³-hybridized carbons (Fsp3) is 0.393. The summed E-state index contributed by atoms with van der Waals surface area (Å²) in [4.78, 5) is 39.8. The topological polar surface area (TPSA) is 136 Å². The third-order valence-electron chi connectivity index (χ3n) is 6.36. The lowest BCUT2D eigenvalue weighted by atomic mass is 10.0. The van der Waals surface area contributed by atoms with Crippen LogP contribution < -0.4 is 25.4 Å². The van der Waals surface area contributed by atoms with Crippen LogP contribution in [0.4, 0.5) is 0 Å². The number of amides is 3. The van der Waals surface area contributed by atoms with Crippen LogP contribution in [-0.4, -0.2) is 58.5 Å². The largest absolute Gasteiger partial charge is 0.493 e. The molecule has 4 bridgehead atoms. The molecule has 3 amide bonds. The van der Waals surface area contributed by atoms with E-state index in [1.54, 1.807) is 29.1 Å². The Morgan fingerprint density at radius 3 is 2.64 bits per heavy atom. The lowest BCUT2D eigenvalue weighted by Gasteiger charge is -2.23. The molecule has 2 heterocycles. The molecule has 11 heteroatoms. The van der Waals surface area contributed by atoms with Gasteiger partial charge in [-0.25, -0.2) is 0 Å². The van der Waals surface area contributed by atoms with Crippen LogP contribution in [0.2, 0.25) is 0 Å².